The molecule has 0 radical (unpaired) electrons. The van der Waals surface area contributed by atoms with Crippen molar-refractivity contribution in [1.82, 2.24) is 4.90 Å². The second kappa shape index (κ2) is 19.0. The fourth-order valence-corrected chi connectivity index (χ4v) is 6.13. The normalized spacial score (nSPS) is 16.7. The van der Waals surface area contributed by atoms with Gasteiger partial charge in [-0.3, -0.25) is 9.59 Å². The molecule has 5 N–H and O–H groups in total. The predicted octanol–water partition coefficient (Wildman–Crippen LogP) is 8.35. The van der Waals surface area contributed by atoms with Crippen LogP contribution in [0.25, 0.3) is 0 Å². The lowest BCUT2D eigenvalue weighted by Crippen LogP contribution is -2.43. The molecule has 1 aliphatic carbocycles. The number of benzene rings is 4. The molecule has 11 heteroatoms. The molecule has 1 amide bonds. The lowest BCUT2D eigenvalue weighted by Gasteiger charge is -2.41. The van der Waals surface area contributed by atoms with Crippen LogP contribution in [0.4, 0.5) is 17.1 Å². The first-order chi connectivity index (χ1) is 23.3. The van der Waals surface area contributed by atoms with Gasteiger partial charge in [0.1, 0.15) is 11.5 Å². The van der Waals surface area contributed by atoms with Crippen molar-refractivity contribution in [3.8, 4) is 11.5 Å². The molecule has 262 valence electrons. The minimum absolute atomic E-state index is 0.0642. The SMILES string of the molecule is CC(=O)Nc1ccc(O)cc1.COc1cccc([C@@]2(O)CCCC[C@@H]2CN(C)C)c1.O=C(O)Cc1ccccc1Nc1c(Cl)cccc1Cl. The van der Waals surface area contributed by atoms with Crippen LogP contribution in [-0.2, 0) is 21.6 Å². The molecule has 4 aromatic carbocycles. The van der Waals surface area contributed by atoms with Gasteiger partial charge in [-0.05, 0) is 92.7 Å². The summed E-state index contributed by atoms with van der Waals surface area (Å²) in [4.78, 5) is 23.5. The average Bonchev–Trinajstić information content (AvgIpc) is 3.06. The molecule has 9 nitrogen and oxygen atoms in total. The smallest absolute Gasteiger partial charge is 0.307 e. The minimum atomic E-state index is -0.889. The number of nitrogens with zero attached hydrogens (tertiary/aromatic N) is 1. The average molecular weight is 711 g/mol. The highest BCUT2D eigenvalue weighted by Crippen LogP contribution is 2.42. The van der Waals surface area contributed by atoms with E-state index in [0.717, 1.165) is 37.1 Å². The van der Waals surface area contributed by atoms with E-state index in [2.05, 4.69) is 29.6 Å². The third-order valence-corrected chi connectivity index (χ3v) is 8.59. The van der Waals surface area contributed by atoms with Crippen molar-refractivity contribution in [2.45, 2.75) is 44.6 Å². The molecule has 4 aromatic rings. The Hall–Kier alpha value is -4.28. The van der Waals surface area contributed by atoms with Gasteiger partial charge < -0.3 is 35.6 Å². The molecule has 0 bridgehead atoms. The molecule has 2 atom stereocenters. The number of ether oxygens (including phenoxy) is 1. The predicted molar refractivity (Wildman–Crippen MR) is 197 cm³/mol. The van der Waals surface area contributed by atoms with Gasteiger partial charge >= 0.3 is 5.97 Å². The molecule has 1 fully saturated rings. The van der Waals surface area contributed by atoms with Crippen LogP contribution in [0.3, 0.4) is 0 Å². The first-order valence-corrected chi connectivity index (χ1v) is 16.7. The summed E-state index contributed by atoms with van der Waals surface area (Å²) < 4.78 is 5.29. The van der Waals surface area contributed by atoms with E-state index in [9.17, 15) is 14.7 Å². The van der Waals surface area contributed by atoms with Gasteiger partial charge in [0, 0.05) is 30.8 Å². The number of aliphatic carboxylic acids is 1. The summed E-state index contributed by atoms with van der Waals surface area (Å²) in [6.07, 6.45) is 4.18. The Balaban J connectivity index is 0.000000207. The zero-order chi connectivity index (χ0) is 36.0. The minimum Gasteiger partial charge on any atom is -0.508 e. The van der Waals surface area contributed by atoms with E-state index in [-0.39, 0.29) is 18.1 Å². The van der Waals surface area contributed by atoms with E-state index in [0.29, 0.717) is 38.6 Å². The fraction of sp³-hybridized carbons (Fsp3) is 0.316. The van der Waals surface area contributed by atoms with Gasteiger partial charge in [-0.2, -0.15) is 0 Å². The number of para-hydroxylation sites is 2. The lowest BCUT2D eigenvalue weighted by molar-refractivity contribution is -0.136. The van der Waals surface area contributed by atoms with Crippen LogP contribution in [0.2, 0.25) is 10.0 Å². The Morgan fingerprint density at radius 3 is 2.20 bits per heavy atom. The van der Waals surface area contributed by atoms with Crippen molar-refractivity contribution >= 4 is 52.1 Å². The van der Waals surface area contributed by atoms with Crippen LogP contribution in [-0.4, -0.2) is 59.8 Å². The maximum atomic E-state index is 11.2. The molecule has 0 spiro atoms. The monoisotopic (exact) mass is 709 g/mol. The fourth-order valence-electron chi connectivity index (χ4n) is 5.64. The van der Waals surface area contributed by atoms with Crippen molar-refractivity contribution < 1.29 is 29.6 Å². The Kier molecular flexibility index (Phi) is 15.2. The summed E-state index contributed by atoms with van der Waals surface area (Å²) in [5.41, 5.74) is 2.90. The van der Waals surface area contributed by atoms with Gasteiger partial charge in [0.05, 0.1) is 34.9 Å². The Labute approximate surface area is 298 Å². The number of rotatable bonds is 9. The van der Waals surface area contributed by atoms with E-state index in [1.54, 1.807) is 55.6 Å². The first kappa shape index (κ1) is 39.2. The summed E-state index contributed by atoms with van der Waals surface area (Å²) in [5, 5.41) is 35.6. The quantitative estimate of drug-likeness (QED) is 0.110. The number of phenols is 1. The van der Waals surface area contributed by atoms with Crippen LogP contribution in [0.15, 0.2) is 91.0 Å². The van der Waals surface area contributed by atoms with Crippen LogP contribution in [0.1, 0.15) is 43.7 Å². The number of carbonyl (C=O) groups excluding carboxylic acids is 1. The highest BCUT2D eigenvalue weighted by molar-refractivity contribution is 6.39. The number of carbonyl (C=O) groups is 2. The number of methoxy groups -OCH3 is 1. The molecule has 1 aliphatic rings. The third kappa shape index (κ3) is 12.3. The number of aromatic hydroxyl groups is 1. The molecular formula is C38H45Cl2N3O6. The van der Waals surface area contributed by atoms with Crippen molar-refractivity contribution in [2.24, 2.45) is 5.92 Å². The first-order valence-electron chi connectivity index (χ1n) is 15.9. The topological polar surface area (TPSA) is 131 Å². The highest BCUT2D eigenvalue weighted by Gasteiger charge is 2.40. The van der Waals surface area contributed by atoms with E-state index >= 15 is 0 Å². The van der Waals surface area contributed by atoms with Crippen LogP contribution in [0, 0.1) is 5.92 Å². The van der Waals surface area contributed by atoms with Gasteiger partial charge in [-0.25, -0.2) is 0 Å². The van der Waals surface area contributed by atoms with Crippen molar-refractivity contribution in [2.75, 3.05) is 38.4 Å². The summed E-state index contributed by atoms with van der Waals surface area (Å²) in [6.45, 7) is 2.36. The number of phenolic OH excluding ortho intramolecular Hbond substituents is 1. The van der Waals surface area contributed by atoms with Crippen LogP contribution in [0.5, 0.6) is 11.5 Å². The molecule has 1 saturated carbocycles. The number of carboxylic acids is 1. The van der Waals surface area contributed by atoms with Gasteiger partial charge in [0.15, 0.2) is 0 Å². The van der Waals surface area contributed by atoms with E-state index in [1.165, 1.54) is 25.5 Å². The number of aliphatic hydroxyl groups is 1. The maximum Gasteiger partial charge on any atom is 0.307 e. The number of amides is 1. The number of hydrogen-bond acceptors (Lipinski definition) is 7. The van der Waals surface area contributed by atoms with E-state index in [1.807, 2.05) is 30.3 Å². The molecule has 0 aromatic heterocycles. The zero-order valence-corrected chi connectivity index (χ0v) is 29.8. The number of anilines is 3. The molecular weight excluding hydrogens is 665 g/mol. The summed E-state index contributed by atoms with van der Waals surface area (Å²) in [5.74, 6) is 0.303. The molecule has 0 unspecified atom stereocenters. The largest absolute Gasteiger partial charge is 0.508 e. The van der Waals surface area contributed by atoms with Crippen LogP contribution < -0.4 is 15.4 Å². The highest BCUT2D eigenvalue weighted by atomic mass is 35.5. The Morgan fingerprint density at radius 1 is 0.939 bits per heavy atom. The lowest BCUT2D eigenvalue weighted by atomic mass is 9.71. The molecule has 0 aliphatic heterocycles. The van der Waals surface area contributed by atoms with E-state index < -0.39 is 11.6 Å². The summed E-state index contributed by atoms with van der Waals surface area (Å²) in [7, 11) is 5.81. The zero-order valence-electron chi connectivity index (χ0n) is 28.2. The molecule has 5 rings (SSSR count). The van der Waals surface area contributed by atoms with Crippen molar-refractivity contribution in [3.63, 3.8) is 0 Å². The molecule has 49 heavy (non-hydrogen) atoms. The Morgan fingerprint density at radius 2 is 1.59 bits per heavy atom. The maximum absolute atomic E-state index is 11.2. The van der Waals surface area contributed by atoms with E-state index in [4.69, 9.17) is 38.2 Å². The Bertz CT molecular complexity index is 1650. The third-order valence-electron chi connectivity index (χ3n) is 7.96. The standard InChI is InChI=1S/C16H25NO2.C14H11Cl2NO2.C8H9NO2/c1-17(2)12-14-7-4-5-10-16(14,18)13-8-6-9-15(11-13)19-3;15-10-5-3-6-11(16)14(10)17-12-7-2-1-4-9(12)8-13(18)19;1-6(10)9-7-2-4-8(11)5-3-7/h6,8-9,11,14,18H,4-5,7,10,12H2,1-3H3;1-7,17H,8H2,(H,18,19);2-5,11H,1H3,(H,9,10)/t14-,16+;;/m1../s1. The molecule has 0 saturated heterocycles. The number of carboxylic acid groups (broad SMARTS) is 1. The van der Waals surface area contributed by atoms with Crippen LogP contribution >= 0.6 is 23.2 Å². The number of halogens is 2. The van der Waals surface area contributed by atoms with Gasteiger partial charge in [0.25, 0.3) is 0 Å². The van der Waals surface area contributed by atoms with Crippen molar-refractivity contribution in [1.29, 1.82) is 0 Å². The van der Waals surface area contributed by atoms with Gasteiger partial charge in [0.2, 0.25) is 5.91 Å². The summed E-state index contributed by atoms with van der Waals surface area (Å²) in [6, 6.07) is 26.5. The summed E-state index contributed by atoms with van der Waals surface area (Å²) >= 11 is 12.1. The second-order valence-electron chi connectivity index (χ2n) is 12.0. The number of nitrogens with one attached hydrogen (secondary N) is 2. The van der Waals surface area contributed by atoms with Gasteiger partial charge in [-0.15, -0.1) is 0 Å². The van der Waals surface area contributed by atoms with Crippen molar-refractivity contribution in [3.05, 3.63) is 112 Å². The second-order valence-corrected chi connectivity index (χ2v) is 12.9. The van der Waals surface area contributed by atoms with Gasteiger partial charge in [-0.1, -0.05) is 72.4 Å². The number of hydrogen-bond donors (Lipinski definition) is 5. The molecule has 0 heterocycles.